The molecule has 0 aliphatic rings. The molecule has 0 aliphatic heterocycles. The lowest BCUT2D eigenvalue weighted by molar-refractivity contribution is 0.541. The highest BCUT2D eigenvalue weighted by atomic mass is 35.5. The molecule has 0 radical (unpaired) electrons. The van der Waals surface area contributed by atoms with Crippen LogP contribution in [-0.4, -0.2) is 4.98 Å². The predicted molar refractivity (Wildman–Crippen MR) is 72.3 cm³/mol. The van der Waals surface area contributed by atoms with E-state index in [0.29, 0.717) is 16.5 Å². The Kier molecular flexibility index (Phi) is 4.36. The highest BCUT2D eigenvalue weighted by molar-refractivity contribution is 7.07. The molecule has 1 atom stereocenters. The Bertz CT molecular complexity index is 487. The third-order valence-electron chi connectivity index (χ3n) is 2.45. The molecule has 17 heavy (non-hydrogen) atoms. The molecule has 0 saturated heterocycles. The summed E-state index contributed by atoms with van der Waals surface area (Å²) in [7, 11) is 0. The smallest absolute Gasteiger partial charge is 0.0795 e. The third kappa shape index (κ3) is 3.18. The summed E-state index contributed by atoms with van der Waals surface area (Å²) >= 11 is 13.5. The molecular formula is C11H11Cl2N3S. The van der Waals surface area contributed by atoms with E-state index in [1.54, 1.807) is 11.6 Å². The van der Waals surface area contributed by atoms with Crippen LogP contribution in [0.5, 0.6) is 0 Å². The second-order valence-electron chi connectivity index (χ2n) is 3.57. The fourth-order valence-corrected chi connectivity index (χ4v) is 2.64. The van der Waals surface area contributed by atoms with Crippen LogP contribution < -0.4 is 11.3 Å². The largest absolute Gasteiger partial charge is 0.271 e. The Hall–Kier alpha value is -0.650. The zero-order valence-corrected chi connectivity index (χ0v) is 11.2. The van der Waals surface area contributed by atoms with Crippen LogP contribution in [0.25, 0.3) is 0 Å². The molecule has 1 unspecified atom stereocenters. The second-order valence-corrected chi connectivity index (χ2v) is 5.13. The number of hydrogen-bond donors (Lipinski definition) is 2. The average molecular weight is 288 g/mol. The molecule has 2 aromatic rings. The van der Waals surface area contributed by atoms with Crippen molar-refractivity contribution in [1.82, 2.24) is 10.4 Å². The van der Waals surface area contributed by atoms with Gasteiger partial charge in [-0.3, -0.25) is 11.3 Å². The molecule has 0 aliphatic carbocycles. The molecule has 6 heteroatoms. The number of benzene rings is 1. The van der Waals surface area contributed by atoms with Gasteiger partial charge in [-0.25, -0.2) is 4.98 Å². The second kappa shape index (κ2) is 5.80. The first-order valence-electron chi connectivity index (χ1n) is 4.99. The minimum atomic E-state index is -0.0417. The van der Waals surface area contributed by atoms with Crippen LogP contribution in [-0.2, 0) is 6.42 Å². The number of thiazole rings is 1. The van der Waals surface area contributed by atoms with Gasteiger partial charge in [0, 0.05) is 15.4 Å². The van der Waals surface area contributed by atoms with Crippen molar-refractivity contribution in [2.24, 2.45) is 5.84 Å². The van der Waals surface area contributed by atoms with E-state index in [2.05, 4.69) is 10.4 Å². The summed E-state index contributed by atoms with van der Waals surface area (Å²) in [4.78, 5) is 4.24. The van der Waals surface area contributed by atoms with Gasteiger partial charge in [0.05, 0.1) is 17.2 Å². The van der Waals surface area contributed by atoms with Crippen LogP contribution in [0.4, 0.5) is 0 Å². The van der Waals surface area contributed by atoms with Crippen molar-refractivity contribution in [2.45, 2.75) is 12.5 Å². The lowest BCUT2D eigenvalue weighted by Gasteiger charge is -2.14. The summed E-state index contributed by atoms with van der Waals surface area (Å²) < 4.78 is 0. The molecule has 0 spiro atoms. The van der Waals surface area contributed by atoms with Crippen molar-refractivity contribution in [3.63, 3.8) is 0 Å². The molecule has 0 fully saturated rings. The van der Waals surface area contributed by atoms with Gasteiger partial charge >= 0.3 is 0 Å². The van der Waals surface area contributed by atoms with E-state index < -0.39 is 0 Å². The Labute approximate surface area is 114 Å². The summed E-state index contributed by atoms with van der Waals surface area (Å²) in [6, 6.07) is 5.41. The van der Waals surface area contributed by atoms with Crippen molar-refractivity contribution in [3.8, 4) is 0 Å². The molecule has 1 heterocycles. The summed E-state index contributed by atoms with van der Waals surface area (Å²) in [5.41, 5.74) is 6.44. The van der Waals surface area contributed by atoms with E-state index >= 15 is 0 Å². The Morgan fingerprint density at radius 2 is 2.24 bits per heavy atom. The zero-order chi connectivity index (χ0) is 12.3. The van der Waals surface area contributed by atoms with E-state index in [-0.39, 0.29) is 6.04 Å². The van der Waals surface area contributed by atoms with Gasteiger partial charge in [0.1, 0.15) is 0 Å². The van der Waals surface area contributed by atoms with Crippen molar-refractivity contribution in [1.29, 1.82) is 0 Å². The van der Waals surface area contributed by atoms with Gasteiger partial charge in [-0.15, -0.1) is 11.3 Å². The van der Waals surface area contributed by atoms with E-state index in [0.717, 1.165) is 11.3 Å². The molecular weight excluding hydrogens is 277 g/mol. The van der Waals surface area contributed by atoms with Crippen molar-refractivity contribution in [2.75, 3.05) is 0 Å². The van der Waals surface area contributed by atoms with Crippen LogP contribution in [0.3, 0.4) is 0 Å². The summed E-state index contributed by atoms with van der Waals surface area (Å²) in [6.07, 6.45) is 0.677. The van der Waals surface area contributed by atoms with Gasteiger partial charge in [-0.2, -0.15) is 0 Å². The molecule has 0 saturated carbocycles. The first-order chi connectivity index (χ1) is 8.20. The highest BCUT2D eigenvalue weighted by Gasteiger charge is 2.14. The number of nitrogens with two attached hydrogens (primary N) is 1. The first kappa shape index (κ1) is 12.8. The van der Waals surface area contributed by atoms with E-state index in [1.165, 1.54) is 11.3 Å². The van der Waals surface area contributed by atoms with Gasteiger partial charge < -0.3 is 0 Å². The zero-order valence-electron chi connectivity index (χ0n) is 8.86. The number of halogens is 2. The molecule has 0 amide bonds. The topological polar surface area (TPSA) is 50.9 Å². The molecule has 1 aromatic carbocycles. The Balaban J connectivity index is 2.19. The highest BCUT2D eigenvalue weighted by Crippen LogP contribution is 2.25. The first-order valence-corrected chi connectivity index (χ1v) is 6.68. The van der Waals surface area contributed by atoms with Crippen LogP contribution in [0, 0.1) is 0 Å². The standard InChI is InChI=1S/C11H11Cl2N3S/c12-8-2-1-7(9(13)4-8)3-10(16-14)11-5-17-6-15-11/h1-2,4-6,10,16H,3,14H2. The van der Waals surface area contributed by atoms with E-state index in [9.17, 15) is 0 Å². The average Bonchev–Trinajstić information content (AvgIpc) is 2.81. The summed E-state index contributed by atoms with van der Waals surface area (Å²) in [5.74, 6) is 5.54. The van der Waals surface area contributed by atoms with Gasteiger partial charge in [0.25, 0.3) is 0 Å². The predicted octanol–water partition coefficient (Wildman–Crippen LogP) is 3.20. The molecule has 3 N–H and O–H groups in total. The molecule has 0 bridgehead atoms. The number of rotatable bonds is 4. The minimum absolute atomic E-state index is 0.0417. The molecule has 2 rings (SSSR count). The Morgan fingerprint density at radius 3 is 2.82 bits per heavy atom. The normalized spacial score (nSPS) is 12.6. The maximum absolute atomic E-state index is 6.12. The fourth-order valence-electron chi connectivity index (χ4n) is 1.55. The van der Waals surface area contributed by atoms with Gasteiger partial charge in [-0.05, 0) is 24.1 Å². The van der Waals surface area contributed by atoms with Crippen LogP contribution in [0.1, 0.15) is 17.3 Å². The van der Waals surface area contributed by atoms with Gasteiger partial charge in [0.2, 0.25) is 0 Å². The summed E-state index contributed by atoms with van der Waals surface area (Å²) in [5, 5.41) is 3.24. The van der Waals surface area contributed by atoms with Crippen molar-refractivity contribution >= 4 is 34.5 Å². The third-order valence-corrected chi connectivity index (χ3v) is 3.64. The fraction of sp³-hybridized carbons (Fsp3) is 0.182. The van der Waals surface area contributed by atoms with Gasteiger partial charge in [0.15, 0.2) is 0 Å². The minimum Gasteiger partial charge on any atom is -0.271 e. The van der Waals surface area contributed by atoms with Crippen LogP contribution >= 0.6 is 34.5 Å². The maximum Gasteiger partial charge on any atom is 0.0795 e. The number of hydrazine groups is 1. The van der Waals surface area contributed by atoms with E-state index in [4.69, 9.17) is 29.0 Å². The van der Waals surface area contributed by atoms with Gasteiger partial charge in [-0.1, -0.05) is 29.3 Å². The van der Waals surface area contributed by atoms with E-state index in [1.807, 2.05) is 17.5 Å². The Morgan fingerprint density at radius 1 is 1.41 bits per heavy atom. The van der Waals surface area contributed by atoms with Crippen molar-refractivity contribution < 1.29 is 0 Å². The number of nitrogens with zero attached hydrogens (tertiary/aromatic N) is 1. The molecule has 3 nitrogen and oxygen atoms in total. The number of hydrogen-bond acceptors (Lipinski definition) is 4. The number of nitrogens with one attached hydrogen (secondary N) is 1. The quantitative estimate of drug-likeness (QED) is 0.671. The van der Waals surface area contributed by atoms with Crippen LogP contribution in [0.15, 0.2) is 29.1 Å². The van der Waals surface area contributed by atoms with Crippen LogP contribution in [0.2, 0.25) is 10.0 Å². The monoisotopic (exact) mass is 287 g/mol. The van der Waals surface area contributed by atoms with Crippen molar-refractivity contribution in [3.05, 3.63) is 50.4 Å². The lowest BCUT2D eigenvalue weighted by atomic mass is 10.0. The lowest BCUT2D eigenvalue weighted by Crippen LogP contribution is -2.29. The maximum atomic E-state index is 6.12. The SMILES string of the molecule is NNC(Cc1ccc(Cl)cc1Cl)c1cscn1. The number of aromatic nitrogens is 1. The molecule has 90 valence electrons. The summed E-state index contributed by atoms with van der Waals surface area (Å²) in [6.45, 7) is 0. The molecule has 1 aromatic heterocycles.